The van der Waals surface area contributed by atoms with E-state index in [1.807, 2.05) is 53.1 Å². The van der Waals surface area contributed by atoms with Gasteiger partial charge in [0.05, 0.1) is 30.4 Å². The Morgan fingerprint density at radius 1 is 1.09 bits per heavy atom. The molecule has 32 heavy (non-hydrogen) atoms. The van der Waals surface area contributed by atoms with Crippen LogP contribution in [0.4, 0.5) is 10.1 Å². The molecule has 162 valence electrons. The number of nitrogens with zero attached hydrogens (tertiary/aromatic N) is 3. The molecule has 0 spiro atoms. The third-order valence-corrected chi connectivity index (χ3v) is 6.28. The average molecular weight is 450 g/mol. The molecule has 4 aromatic rings. The van der Waals surface area contributed by atoms with Crippen molar-refractivity contribution in [2.75, 3.05) is 18.6 Å². The first-order chi connectivity index (χ1) is 15.6. The van der Waals surface area contributed by atoms with Crippen molar-refractivity contribution in [1.29, 1.82) is 0 Å². The van der Waals surface area contributed by atoms with Gasteiger partial charge >= 0.3 is 0 Å². The van der Waals surface area contributed by atoms with Gasteiger partial charge in [-0.05, 0) is 36.4 Å². The molecule has 0 aliphatic carbocycles. The minimum Gasteiger partial charge on any atom is -0.495 e. The molecule has 0 saturated carbocycles. The van der Waals surface area contributed by atoms with Gasteiger partial charge in [-0.15, -0.1) is 0 Å². The summed E-state index contributed by atoms with van der Waals surface area (Å²) in [5, 5.41) is 0.367. The van der Waals surface area contributed by atoms with Crippen LogP contribution in [0.2, 0.25) is 5.02 Å². The van der Waals surface area contributed by atoms with Gasteiger partial charge in [-0.1, -0.05) is 41.9 Å². The van der Waals surface area contributed by atoms with E-state index in [1.54, 1.807) is 24.1 Å². The van der Waals surface area contributed by atoms with E-state index in [4.69, 9.17) is 21.3 Å². The first kappa shape index (κ1) is 20.5. The number of amides is 1. The maximum atomic E-state index is 14.6. The van der Waals surface area contributed by atoms with Crippen LogP contribution < -0.4 is 9.64 Å². The molecule has 7 heteroatoms. The number of para-hydroxylation sites is 4. The molecule has 0 N–H and O–H groups in total. The molecule has 1 atom stereocenters. The van der Waals surface area contributed by atoms with Crippen molar-refractivity contribution in [2.45, 2.75) is 18.9 Å². The fraction of sp³-hybridized carbons (Fsp3) is 0.200. The Hall–Kier alpha value is -3.38. The number of aromatic nitrogens is 2. The number of imidazole rings is 1. The number of benzene rings is 3. The lowest BCUT2D eigenvalue weighted by Gasteiger charge is -2.20. The molecular formula is C25H21ClFN3O2. The molecule has 1 saturated heterocycles. The Balaban J connectivity index is 1.56. The summed E-state index contributed by atoms with van der Waals surface area (Å²) >= 11 is 6.32. The van der Waals surface area contributed by atoms with E-state index in [0.717, 1.165) is 22.5 Å². The first-order valence-corrected chi connectivity index (χ1v) is 10.8. The topological polar surface area (TPSA) is 47.4 Å². The molecule has 0 unspecified atom stereocenters. The van der Waals surface area contributed by atoms with Crippen molar-refractivity contribution in [3.05, 3.63) is 89.0 Å². The van der Waals surface area contributed by atoms with Crippen LogP contribution in [0.5, 0.6) is 5.75 Å². The number of carbonyl (C=O) groups is 1. The maximum absolute atomic E-state index is 14.6. The number of hydrogen-bond donors (Lipinski definition) is 0. The Bertz CT molecular complexity index is 1300. The molecule has 2 heterocycles. The van der Waals surface area contributed by atoms with Gasteiger partial charge in [0.2, 0.25) is 5.91 Å². The van der Waals surface area contributed by atoms with Crippen LogP contribution in [0.25, 0.3) is 11.0 Å². The smallest absolute Gasteiger partial charge is 0.227 e. The molecule has 1 amide bonds. The SMILES string of the molecule is COc1ccccc1N1C[C@@H](c2nc3ccccc3n2Cc2c(F)cccc2Cl)CC1=O. The monoisotopic (exact) mass is 449 g/mol. The highest BCUT2D eigenvalue weighted by Gasteiger charge is 2.36. The number of rotatable bonds is 5. The van der Waals surface area contributed by atoms with Crippen LogP contribution in [0.1, 0.15) is 23.7 Å². The summed E-state index contributed by atoms with van der Waals surface area (Å²) in [4.78, 5) is 19.6. The normalized spacial score (nSPS) is 16.2. The van der Waals surface area contributed by atoms with Gasteiger partial charge in [0.25, 0.3) is 0 Å². The third kappa shape index (κ3) is 3.50. The van der Waals surface area contributed by atoms with Gasteiger partial charge in [0.1, 0.15) is 17.4 Å². The number of methoxy groups -OCH3 is 1. The Morgan fingerprint density at radius 2 is 1.88 bits per heavy atom. The zero-order chi connectivity index (χ0) is 22.2. The summed E-state index contributed by atoms with van der Waals surface area (Å²) < 4.78 is 22.0. The quantitative estimate of drug-likeness (QED) is 0.409. The number of halogens is 2. The third-order valence-electron chi connectivity index (χ3n) is 5.93. The molecule has 1 aliphatic heterocycles. The minimum atomic E-state index is -0.362. The van der Waals surface area contributed by atoms with Gasteiger partial charge in [-0.25, -0.2) is 9.37 Å². The predicted octanol–water partition coefficient (Wildman–Crippen LogP) is 5.41. The molecule has 0 radical (unpaired) electrons. The van der Waals surface area contributed by atoms with Gasteiger partial charge in [-0.3, -0.25) is 4.79 Å². The summed E-state index contributed by atoms with van der Waals surface area (Å²) in [5.41, 5.74) is 2.83. The first-order valence-electron chi connectivity index (χ1n) is 10.4. The van der Waals surface area contributed by atoms with E-state index in [1.165, 1.54) is 6.07 Å². The fourth-order valence-corrected chi connectivity index (χ4v) is 4.60. The summed E-state index contributed by atoms with van der Waals surface area (Å²) in [6.45, 7) is 0.703. The highest BCUT2D eigenvalue weighted by Crippen LogP contribution is 2.37. The highest BCUT2D eigenvalue weighted by atomic mass is 35.5. The fourth-order valence-electron chi connectivity index (χ4n) is 4.38. The minimum absolute atomic E-state index is 0.00188. The second-order valence-corrected chi connectivity index (χ2v) is 8.23. The van der Waals surface area contributed by atoms with Gasteiger partial charge < -0.3 is 14.2 Å². The van der Waals surface area contributed by atoms with Crippen molar-refractivity contribution < 1.29 is 13.9 Å². The largest absolute Gasteiger partial charge is 0.495 e. The number of fused-ring (bicyclic) bond motifs is 1. The molecule has 1 aromatic heterocycles. The molecular weight excluding hydrogens is 429 g/mol. The second-order valence-electron chi connectivity index (χ2n) is 7.82. The molecule has 0 bridgehead atoms. The average Bonchev–Trinajstić information content (AvgIpc) is 3.36. The molecule has 3 aromatic carbocycles. The predicted molar refractivity (Wildman–Crippen MR) is 123 cm³/mol. The molecule has 1 aliphatic rings. The summed E-state index contributed by atoms with van der Waals surface area (Å²) in [6.07, 6.45) is 0.312. The zero-order valence-electron chi connectivity index (χ0n) is 17.5. The Kier molecular flexibility index (Phi) is 5.31. The van der Waals surface area contributed by atoms with E-state index in [9.17, 15) is 9.18 Å². The van der Waals surface area contributed by atoms with E-state index in [2.05, 4.69) is 0 Å². The summed E-state index contributed by atoms with van der Waals surface area (Å²) in [7, 11) is 1.59. The van der Waals surface area contributed by atoms with Gasteiger partial charge in [-0.2, -0.15) is 0 Å². The van der Waals surface area contributed by atoms with Crippen molar-refractivity contribution in [1.82, 2.24) is 9.55 Å². The molecule has 5 rings (SSSR count). The van der Waals surface area contributed by atoms with E-state index in [0.29, 0.717) is 29.3 Å². The zero-order valence-corrected chi connectivity index (χ0v) is 18.2. The number of hydrogen-bond acceptors (Lipinski definition) is 3. The lowest BCUT2D eigenvalue weighted by molar-refractivity contribution is -0.117. The number of ether oxygens (including phenoxy) is 1. The lowest BCUT2D eigenvalue weighted by atomic mass is 10.1. The Morgan fingerprint density at radius 3 is 2.69 bits per heavy atom. The van der Waals surface area contributed by atoms with E-state index >= 15 is 0 Å². The summed E-state index contributed by atoms with van der Waals surface area (Å²) in [6, 6.07) is 19.9. The standard InChI is InChI=1S/C25H21ClFN3O2/c1-32-23-12-5-4-11-22(23)29-14-16(13-24(29)31)25-28-20-9-2-3-10-21(20)30(25)15-17-18(26)7-6-8-19(17)27/h2-12,16H,13-15H2,1H3/t16-/m0/s1. The van der Waals surface area contributed by atoms with Crippen LogP contribution >= 0.6 is 11.6 Å². The Labute approximate surface area is 190 Å². The van der Waals surface area contributed by atoms with Crippen LogP contribution in [-0.4, -0.2) is 29.1 Å². The van der Waals surface area contributed by atoms with E-state index < -0.39 is 0 Å². The lowest BCUT2D eigenvalue weighted by Crippen LogP contribution is -2.25. The van der Waals surface area contributed by atoms with Gasteiger partial charge in [0.15, 0.2) is 0 Å². The second kappa shape index (κ2) is 8.28. The van der Waals surface area contributed by atoms with Crippen LogP contribution in [-0.2, 0) is 11.3 Å². The highest BCUT2D eigenvalue weighted by molar-refractivity contribution is 6.31. The summed E-state index contributed by atoms with van der Waals surface area (Å²) in [5.74, 6) is 0.885. The van der Waals surface area contributed by atoms with Crippen molar-refractivity contribution >= 4 is 34.2 Å². The van der Waals surface area contributed by atoms with E-state index in [-0.39, 0.29) is 24.2 Å². The van der Waals surface area contributed by atoms with Crippen molar-refractivity contribution in [2.24, 2.45) is 0 Å². The van der Waals surface area contributed by atoms with Crippen molar-refractivity contribution in [3.8, 4) is 5.75 Å². The van der Waals surface area contributed by atoms with Crippen LogP contribution in [0.3, 0.4) is 0 Å². The number of anilines is 1. The number of carbonyl (C=O) groups excluding carboxylic acids is 1. The molecule has 1 fully saturated rings. The molecule has 5 nitrogen and oxygen atoms in total. The maximum Gasteiger partial charge on any atom is 0.227 e. The van der Waals surface area contributed by atoms with Crippen molar-refractivity contribution in [3.63, 3.8) is 0 Å². The van der Waals surface area contributed by atoms with Crippen LogP contribution in [0, 0.1) is 5.82 Å². The van der Waals surface area contributed by atoms with Gasteiger partial charge in [0, 0.05) is 29.5 Å². The van der Waals surface area contributed by atoms with Crippen LogP contribution in [0.15, 0.2) is 66.7 Å².